The molecule has 1 aromatic carbocycles. The minimum atomic E-state index is -1.09. The lowest BCUT2D eigenvalue weighted by Gasteiger charge is -2.13. The zero-order valence-electron chi connectivity index (χ0n) is 9.09. The SMILES string of the molecule is Nc1ccc(CC(NCC(=O)O)C(=O)O)cc1. The fraction of sp³-hybridized carbons (Fsp3) is 0.273. The van der Waals surface area contributed by atoms with Crippen LogP contribution >= 0.6 is 0 Å². The molecule has 1 atom stereocenters. The molecule has 1 aromatic rings. The molecule has 0 aromatic heterocycles. The third-order valence-corrected chi connectivity index (χ3v) is 2.22. The van der Waals surface area contributed by atoms with Gasteiger partial charge >= 0.3 is 11.9 Å². The summed E-state index contributed by atoms with van der Waals surface area (Å²) in [6.07, 6.45) is 0.211. The van der Waals surface area contributed by atoms with Gasteiger partial charge in [-0.2, -0.15) is 0 Å². The van der Waals surface area contributed by atoms with Crippen LogP contribution in [0.4, 0.5) is 5.69 Å². The van der Waals surface area contributed by atoms with Crippen LogP contribution in [0.1, 0.15) is 5.56 Å². The third-order valence-electron chi connectivity index (χ3n) is 2.22. The van der Waals surface area contributed by atoms with E-state index in [0.29, 0.717) is 5.69 Å². The van der Waals surface area contributed by atoms with E-state index in [1.807, 2.05) is 0 Å². The lowest BCUT2D eigenvalue weighted by Crippen LogP contribution is -2.41. The minimum absolute atomic E-state index is 0.211. The molecule has 0 spiro atoms. The molecule has 0 bridgehead atoms. The molecule has 0 saturated heterocycles. The second-order valence-corrected chi connectivity index (χ2v) is 3.61. The highest BCUT2D eigenvalue weighted by Crippen LogP contribution is 2.08. The van der Waals surface area contributed by atoms with Crippen molar-refractivity contribution >= 4 is 17.6 Å². The van der Waals surface area contributed by atoms with Gasteiger partial charge in [-0.05, 0) is 24.1 Å². The van der Waals surface area contributed by atoms with Gasteiger partial charge in [0.1, 0.15) is 6.04 Å². The zero-order chi connectivity index (χ0) is 12.8. The Bertz CT molecular complexity index is 402. The van der Waals surface area contributed by atoms with Crippen LogP contribution in [0.15, 0.2) is 24.3 Å². The number of nitrogen functional groups attached to an aromatic ring is 1. The van der Waals surface area contributed by atoms with Gasteiger partial charge in [0, 0.05) is 5.69 Å². The first-order valence-corrected chi connectivity index (χ1v) is 5.01. The molecule has 0 aliphatic heterocycles. The van der Waals surface area contributed by atoms with E-state index in [1.54, 1.807) is 24.3 Å². The van der Waals surface area contributed by atoms with Crippen molar-refractivity contribution in [3.8, 4) is 0 Å². The van der Waals surface area contributed by atoms with Crippen molar-refractivity contribution < 1.29 is 19.8 Å². The smallest absolute Gasteiger partial charge is 0.321 e. The molecule has 0 radical (unpaired) electrons. The van der Waals surface area contributed by atoms with Crippen LogP contribution in [-0.2, 0) is 16.0 Å². The third kappa shape index (κ3) is 4.52. The van der Waals surface area contributed by atoms with Crippen molar-refractivity contribution in [2.75, 3.05) is 12.3 Å². The van der Waals surface area contributed by atoms with Crippen molar-refractivity contribution in [1.29, 1.82) is 0 Å². The van der Waals surface area contributed by atoms with Gasteiger partial charge in [-0.3, -0.25) is 14.9 Å². The molecule has 6 nitrogen and oxygen atoms in total. The van der Waals surface area contributed by atoms with Crippen molar-refractivity contribution in [3.05, 3.63) is 29.8 Å². The predicted octanol–water partition coefficient (Wildman–Crippen LogP) is -0.0613. The van der Waals surface area contributed by atoms with Gasteiger partial charge in [-0.1, -0.05) is 12.1 Å². The van der Waals surface area contributed by atoms with Crippen LogP contribution in [0, 0.1) is 0 Å². The van der Waals surface area contributed by atoms with E-state index >= 15 is 0 Å². The lowest BCUT2D eigenvalue weighted by atomic mass is 10.1. The quantitative estimate of drug-likeness (QED) is 0.516. The van der Waals surface area contributed by atoms with E-state index in [0.717, 1.165) is 5.56 Å². The summed E-state index contributed by atoms with van der Waals surface area (Å²) in [6, 6.07) is 5.85. The van der Waals surface area contributed by atoms with Crippen LogP contribution in [0.25, 0.3) is 0 Å². The van der Waals surface area contributed by atoms with E-state index in [9.17, 15) is 9.59 Å². The first-order chi connectivity index (χ1) is 7.99. The lowest BCUT2D eigenvalue weighted by molar-refractivity contribution is -0.140. The molecule has 0 saturated carbocycles. The maximum atomic E-state index is 10.9. The Morgan fingerprint density at radius 2 is 1.82 bits per heavy atom. The monoisotopic (exact) mass is 238 g/mol. The molecule has 0 aliphatic carbocycles. The molecule has 5 N–H and O–H groups in total. The summed E-state index contributed by atoms with van der Waals surface area (Å²) in [5.74, 6) is -2.17. The van der Waals surface area contributed by atoms with E-state index < -0.39 is 18.0 Å². The Kier molecular flexibility index (Phi) is 4.47. The number of nitrogens with two attached hydrogens (primary N) is 1. The number of rotatable bonds is 6. The molecule has 0 aliphatic rings. The number of carboxylic acids is 2. The molecular formula is C11H14N2O4. The van der Waals surface area contributed by atoms with Crippen LogP contribution < -0.4 is 11.1 Å². The molecule has 0 heterocycles. The standard InChI is InChI=1S/C11H14N2O4/c12-8-3-1-7(2-4-8)5-9(11(16)17)13-6-10(14)15/h1-4,9,13H,5-6,12H2,(H,14,15)(H,16,17). The topological polar surface area (TPSA) is 113 Å². The Morgan fingerprint density at radius 3 is 2.29 bits per heavy atom. The summed E-state index contributed by atoms with van der Waals surface area (Å²) in [5, 5.41) is 19.8. The fourth-order valence-corrected chi connectivity index (χ4v) is 1.35. The van der Waals surface area contributed by atoms with E-state index in [4.69, 9.17) is 15.9 Å². The Balaban J connectivity index is 2.63. The number of aliphatic carboxylic acids is 2. The minimum Gasteiger partial charge on any atom is -0.480 e. The molecule has 0 fully saturated rings. The highest BCUT2D eigenvalue weighted by molar-refractivity contribution is 5.75. The van der Waals surface area contributed by atoms with E-state index in [2.05, 4.69) is 5.32 Å². The van der Waals surface area contributed by atoms with Gasteiger partial charge in [-0.25, -0.2) is 0 Å². The number of carboxylic acid groups (broad SMARTS) is 2. The summed E-state index contributed by atoms with van der Waals surface area (Å²) in [5.41, 5.74) is 6.88. The van der Waals surface area contributed by atoms with Crippen LogP contribution in [0.5, 0.6) is 0 Å². The number of carbonyl (C=O) groups is 2. The first-order valence-electron chi connectivity index (χ1n) is 5.01. The second-order valence-electron chi connectivity index (χ2n) is 3.61. The van der Waals surface area contributed by atoms with Gasteiger partial charge in [0.15, 0.2) is 0 Å². The van der Waals surface area contributed by atoms with Crippen LogP contribution in [0.2, 0.25) is 0 Å². The Hall–Kier alpha value is -2.08. The summed E-state index contributed by atoms with van der Waals surface area (Å²) < 4.78 is 0. The van der Waals surface area contributed by atoms with Crippen molar-refractivity contribution in [1.82, 2.24) is 5.32 Å². The zero-order valence-corrected chi connectivity index (χ0v) is 9.09. The van der Waals surface area contributed by atoms with Crippen LogP contribution in [-0.4, -0.2) is 34.7 Å². The number of hydrogen-bond donors (Lipinski definition) is 4. The van der Waals surface area contributed by atoms with Gasteiger partial charge < -0.3 is 15.9 Å². The number of nitrogens with one attached hydrogen (secondary N) is 1. The Morgan fingerprint density at radius 1 is 1.24 bits per heavy atom. The van der Waals surface area contributed by atoms with Crippen molar-refractivity contribution in [2.45, 2.75) is 12.5 Å². The maximum absolute atomic E-state index is 10.9. The molecule has 92 valence electrons. The van der Waals surface area contributed by atoms with Gasteiger partial charge in [-0.15, -0.1) is 0 Å². The number of anilines is 1. The largest absolute Gasteiger partial charge is 0.480 e. The van der Waals surface area contributed by atoms with Gasteiger partial charge in [0.05, 0.1) is 6.54 Å². The summed E-state index contributed by atoms with van der Waals surface area (Å²) in [7, 11) is 0. The molecular weight excluding hydrogens is 224 g/mol. The van der Waals surface area contributed by atoms with Gasteiger partial charge in [0.2, 0.25) is 0 Å². The van der Waals surface area contributed by atoms with Gasteiger partial charge in [0.25, 0.3) is 0 Å². The highest BCUT2D eigenvalue weighted by atomic mass is 16.4. The van der Waals surface area contributed by atoms with Crippen molar-refractivity contribution in [2.24, 2.45) is 0 Å². The predicted molar refractivity (Wildman–Crippen MR) is 61.6 cm³/mol. The normalized spacial score (nSPS) is 12.0. The summed E-state index contributed by atoms with van der Waals surface area (Å²) in [4.78, 5) is 21.3. The average Bonchev–Trinajstić information content (AvgIpc) is 2.26. The fourth-order valence-electron chi connectivity index (χ4n) is 1.35. The Labute approximate surface area is 98.1 Å². The molecule has 17 heavy (non-hydrogen) atoms. The molecule has 6 heteroatoms. The summed E-state index contributed by atoms with van der Waals surface area (Å²) in [6.45, 7) is -0.383. The maximum Gasteiger partial charge on any atom is 0.321 e. The average molecular weight is 238 g/mol. The van der Waals surface area contributed by atoms with E-state index in [1.165, 1.54) is 0 Å². The second kappa shape index (κ2) is 5.86. The first kappa shape index (κ1) is 13.0. The number of hydrogen-bond acceptors (Lipinski definition) is 4. The summed E-state index contributed by atoms with van der Waals surface area (Å²) >= 11 is 0. The molecule has 1 rings (SSSR count). The highest BCUT2D eigenvalue weighted by Gasteiger charge is 2.18. The molecule has 0 amide bonds. The van der Waals surface area contributed by atoms with Crippen molar-refractivity contribution in [3.63, 3.8) is 0 Å². The molecule has 1 unspecified atom stereocenters. The number of benzene rings is 1. The van der Waals surface area contributed by atoms with Crippen LogP contribution in [0.3, 0.4) is 0 Å². The van der Waals surface area contributed by atoms with E-state index in [-0.39, 0.29) is 13.0 Å².